The second-order valence-electron chi connectivity index (χ2n) is 6.64. The molecule has 28 heavy (non-hydrogen) atoms. The van der Waals surface area contributed by atoms with E-state index in [-0.39, 0.29) is 18.4 Å². The van der Waals surface area contributed by atoms with Gasteiger partial charge in [-0.3, -0.25) is 14.6 Å². The molecule has 2 amide bonds. The topological polar surface area (TPSA) is 71.5 Å². The fraction of sp³-hybridized carbons (Fsp3) is 0.350. The van der Waals surface area contributed by atoms with Crippen LogP contribution in [0.25, 0.3) is 0 Å². The number of nitrogens with one attached hydrogen (secondary N) is 1. The van der Waals surface area contributed by atoms with Gasteiger partial charge in [-0.1, -0.05) is 23.2 Å². The summed E-state index contributed by atoms with van der Waals surface area (Å²) in [6.07, 6.45) is 4.94. The van der Waals surface area contributed by atoms with Crippen LogP contribution in [0.4, 0.5) is 0 Å². The molecule has 0 radical (unpaired) electrons. The normalized spacial score (nSPS) is 14.6. The van der Waals surface area contributed by atoms with E-state index >= 15 is 0 Å². The molecule has 1 aliphatic heterocycles. The van der Waals surface area contributed by atoms with Crippen molar-refractivity contribution in [3.8, 4) is 5.75 Å². The monoisotopic (exact) mass is 421 g/mol. The molecule has 1 N–H and O–H groups in total. The van der Waals surface area contributed by atoms with Crippen LogP contribution in [0, 0.1) is 5.92 Å². The molecule has 0 atom stereocenters. The van der Waals surface area contributed by atoms with Gasteiger partial charge >= 0.3 is 0 Å². The van der Waals surface area contributed by atoms with Crippen molar-refractivity contribution in [1.29, 1.82) is 0 Å². The molecule has 0 unspecified atom stereocenters. The Morgan fingerprint density at radius 3 is 2.54 bits per heavy atom. The molecule has 0 aliphatic carbocycles. The number of nitrogens with zero attached hydrogens (tertiary/aromatic N) is 2. The third kappa shape index (κ3) is 5.59. The zero-order chi connectivity index (χ0) is 19.9. The Hall–Kier alpha value is -2.31. The highest BCUT2D eigenvalue weighted by atomic mass is 35.5. The number of rotatable bonds is 6. The number of amides is 2. The number of pyridine rings is 1. The first kappa shape index (κ1) is 20.4. The van der Waals surface area contributed by atoms with Crippen LogP contribution in [0.3, 0.4) is 0 Å². The van der Waals surface area contributed by atoms with Crippen molar-refractivity contribution in [3.63, 3.8) is 0 Å². The second-order valence-corrected chi connectivity index (χ2v) is 7.48. The smallest absolute Gasteiger partial charge is 0.257 e. The zero-order valence-corrected chi connectivity index (χ0v) is 16.7. The van der Waals surface area contributed by atoms with E-state index in [1.54, 1.807) is 42.7 Å². The highest BCUT2D eigenvalue weighted by Gasteiger charge is 2.23. The van der Waals surface area contributed by atoms with Crippen molar-refractivity contribution in [3.05, 3.63) is 58.3 Å². The molecule has 0 spiro atoms. The lowest BCUT2D eigenvalue weighted by atomic mass is 9.96. The number of aromatic nitrogens is 1. The molecule has 3 rings (SSSR count). The molecule has 6 nitrogen and oxygen atoms in total. The van der Waals surface area contributed by atoms with Crippen molar-refractivity contribution in [2.45, 2.75) is 12.8 Å². The number of hydrogen-bond acceptors (Lipinski definition) is 4. The summed E-state index contributed by atoms with van der Waals surface area (Å²) in [7, 11) is 0. The summed E-state index contributed by atoms with van der Waals surface area (Å²) < 4.78 is 5.43. The molecule has 1 saturated heterocycles. The molecule has 1 aromatic heterocycles. The quantitative estimate of drug-likeness (QED) is 0.775. The zero-order valence-electron chi connectivity index (χ0n) is 15.2. The Kier molecular flexibility index (Phi) is 7.12. The first-order chi connectivity index (χ1) is 13.5. The van der Waals surface area contributed by atoms with Crippen LogP contribution in [0.5, 0.6) is 5.75 Å². The molecule has 1 aliphatic rings. The summed E-state index contributed by atoms with van der Waals surface area (Å²) in [6.45, 7) is 1.81. The van der Waals surface area contributed by atoms with E-state index in [0.29, 0.717) is 46.9 Å². The lowest BCUT2D eigenvalue weighted by Crippen LogP contribution is -2.42. The molecule has 1 aromatic carbocycles. The van der Waals surface area contributed by atoms with Crippen LogP contribution < -0.4 is 10.1 Å². The van der Waals surface area contributed by atoms with Crippen molar-refractivity contribution in [2.24, 2.45) is 5.92 Å². The van der Waals surface area contributed by atoms with E-state index in [0.717, 1.165) is 12.8 Å². The van der Waals surface area contributed by atoms with Gasteiger partial charge in [0.25, 0.3) is 11.8 Å². The number of likely N-dealkylation sites (tertiary alicyclic amines) is 1. The van der Waals surface area contributed by atoms with Crippen molar-refractivity contribution < 1.29 is 14.3 Å². The Balaban J connectivity index is 1.38. The predicted molar refractivity (Wildman–Crippen MR) is 108 cm³/mol. The number of carbonyl (C=O) groups excluding carboxylic acids is 2. The summed E-state index contributed by atoms with van der Waals surface area (Å²) in [4.78, 5) is 30.2. The standard InChI is InChI=1S/C20H21Cl2N3O3/c21-16-1-2-18(17(22)11-16)28-13-19(26)24-12-14-5-9-25(10-6-14)20(27)15-3-7-23-8-4-15/h1-4,7-8,11,14H,5-6,9-10,12-13H2,(H,24,26). The maximum atomic E-state index is 12.4. The van der Waals surface area contributed by atoms with E-state index < -0.39 is 0 Å². The minimum Gasteiger partial charge on any atom is -0.482 e. The number of piperidine rings is 1. The number of hydrogen-bond donors (Lipinski definition) is 1. The van der Waals surface area contributed by atoms with Gasteiger partial charge in [-0.15, -0.1) is 0 Å². The first-order valence-electron chi connectivity index (χ1n) is 9.07. The van der Waals surface area contributed by atoms with Gasteiger partial charge in [0, 0.05) is 42.6 Å². The highest BCUT2D eigenvalue weighted by Crippen LogP contribution is 2.27. The molecule has 8 heteroatoms. The Bertz CT molecular complexity index is 825. The number of halogens is 2. The van der Waals surface area contributed by atoms with Crippen LogP contribution in [0.15, 0.2) is 42.7 Å². The Morgan fingerprint density at radius 1 is 1.14 bits per heavy atom. The number of ether oxygens (including phenoxy) is 1. The summed E-state index contributed by atoms with van der Waals surface area (Å²) >= 11 is 11.9. The minimum absolute atomic E-state index is 0.0260. The van der Waals surface area contributed by atoms with Gasteiger partial charge in [-0.05, 0) is 49.1 Å². The van der Waals surface area contributed by atoms with Gasteiger partial charge in [-0.25, -0.2) is 0 Å². The van der Waals surface area contributed by atoms with Gasteiger partial charge in [0.2, 0.25) is 0 Å². The third-order valence-corrected chi connectivity index (χ3v) is 5.20. The summed E-state index contributed by atoms with van der Waals surface area (Å²) in [6, 6.07) is 8.30. The van der Waals surface area contributed by atoms with E-state index in [2.05, 4.69) is 10.3 Å². The van der Waals surface area contributed by atoms with E-state index in [1.807, 2.05) is 4.90 Å². The van der Waals surface area contributed by atoms with Gasteiger partial charge in [0.05, 0.1) is 5.02 Å². The maximum absolute atomic E-state index is 12.4. The SMILES string of the molecule is O=C(COc1ccc(Cl)cc1Cl)NCC1CCN(C(=O)c2ccncc2)CC1. The molecular formula is C20H21Cl2N3O3. The largest absolute Gasteiger partial charge is 0.482 e. The van der Waals surface area contributed by atoms with Crippen LogP contribution in [0.1, 0.15) is 23.2 Å². The molecule has 2 aromatic rings. The van der Waals surface area contributed by atoms with E-state index in [4.69, 9.17) is 27.9 Å². The molecule has 2 heterocycles. The Morgan fingerprint density at radius 2 is 1.86 bits per heavy atom. The van der Waals surface area contributed by atoms with Crippen molar-refractivity contribution in [2.75, 3.05) is 26.2 Å². The molecule has 0 saturated carbocycles. The van der Waals surface area contributed by atoms with E-state index in [1.165, 1.54) is 0 Å². The molecule has 148 valence electrons. The highest BCUT2D eigenvalue weighted by molar-refractivity contribution is 6.35. The van der Waals surface area contributed by atoms with Gasteiger partial charge in [-0.2, -0.15) is 0 Å². The minimum atomic E-state index is -0.207. The summed E-state index contributed by atoms with van der Waals surface area (Å²) in [5.74, 6) is 0.577. The van der Waals surface area contributed by atoms with Crippen LogP contribution in [-0.4, -0.2) is 47.9 Å². The average Bonchev–Trinajstić information content (AvgIpc) is 2.72. The van der Waals surface area contributed by atoms with Crippen LogP contribution in [0.2, 0.25) is 10.0 Å². The average molecular weight is 422 g/mol. The lowest BCUT2D eigenvalue weighted by molar-refractivity contribution is -0.123. The predicted octanol–water partition coefficient (Wildman–Crippen LogP) is 3.44. The van der Waals surface area contributed by atoms with Crippen molar-refractivity contribution >= 4 is 35.0 Å². The number of benzene rings is 1. The van der Waals surface area contributed by atoms with Gasteiger partial charge < -0.3 is 15.0 Å². The lowest BCUT2D eigenvalue weighted by Gasteiger charge is -2.32. The Labute approximate surface area is 173 Å². The summed E-state index contributed by atoms with van der Waals surface area (Å²) in [5, 5.41) is 3.76. The third-order valence-electron chi connectivity index (χ3n) is 4.67. The fourth-order valence-electron chi connectivity index (χ4n) is 3.06. The maximum Gasteiger partial charge on any atom is 0.257 e. The fourth-order valence-corrected chi connectivity index (χ4v) is 3.53. The van der Waals surface area contributed by atoms with Crippen LogP contribution >= 0.6 is 23.2 Å². The first-order valence-corrected chi connectivity index (χ1v) is 9.82. The molecular weight excluding hydrogens is 401 g/mol. The molecule has 1 fully saturated rings. The van der Waals surface area contributed by atoms with Gasteiger partial charge in [0.1, 0.15) is 5.75 Å². The summed E-state index contributed by atoms with van der Waals surface area (Å²) in [5.41, 5.74) is 0.653. The van der Waals surface area contributed by atoms with Crippen LogP contribution in [-0.2, 0) is 4.79 Å². The molecule has 0 bridgehead atoms. The number of carbonyl (C=O) groups is 2. The van der Waals surface area contributed by atoms with E-state index in [9.17, 15) is 9.59 Å². The van der Waals surface area contributed by atoms with Crippen molar-refractivity contribution in [1.82, 2.24) is 15.2 Å². The van der Waals surface area contributed by atoms with Gasteiger partial charge in [0.15, 0.2) is 6.61 Å². The second kappa shape index (κ2) is 9.75.